The van der Waals surface area contributed by atoms with Crippen molar-refractivity contribution in [1.29, 1.82) is 0 Å². The lowest BCUT2D eigenvalue weighted by Gasteiger charge is -2.17. The Bertz CT molecular complexity index is 1140. The Morgan fingerprint density at radius 1 is 0.966 bits per heavy atom. The van der Waals surface area contributed by atoms with E-state index < -0.39 is 10.0 Å². The Kier molecular flexibility index (Phi) is 5.34. The van der Waals surface area contributed by atoms with Crippen molar-refractivity contribution in [3.8, 4) is 0 Å². The van der Waals surface area contributed by atoms with Gasteiger partial charge in [-0.15, -0.1) is 11.8 Å². The Labute approximate surface area is 174 Å². The van der Waals surface area contributed by atoms with Gasteiger partial charge in [0.1, 0.15) is 0 Å². The summed E-state index contributed by atoms with van der Waals surface area (Å²) in [6.07, 6.45) is 2.78. The number of para-hydroxylation sites is 1. The number of carbonyl (C=O) groups excluding carboxylic acids is 1. The van der Waals surface area contributed by atoms with E-state index in [2.05, 4.69) is 4.72 Å². The van der Waals surface area contributed by atoms with Crippen molar-refractivity contribution in [2.24, 2.45) is 0 Å². The van der Waals surface area contributed by atoms with E-state index in [1.165, 1.54) is 0 Å². The first-order valence-electron chi connectivity index (χ1n) is 9.15. The molecule has 4 rings (SSSR count). The molecule has 7 heteroatoms. The number of sulfonamides is 1. The number of nitrogens with one attached hydrogen (secondary N) is 1. The average molecular weight is 425 g/mol. The van der Waals surface area contributed by atoms with Crippen LogP contribution in [0.1, 0.15) is 15.9 Å². The number of fused-ring (bicyclic) bond motifs is 1. The van der Waals surface area contributed by atoms with Gasteiger partial charge in [-0.25, -0.2) is 8.42 Å². The number of hydrogen-bond acceptors (Lipinski definition) is 4. The van der Waals surface area contributed by atoms with Gasteiger partial charge in [-0.3, -0.25) is 9.52 Å². The summed E-state index contributed by atoms with van der Waals surface area (Å²) in [6.45, 7) is 0.651. The van der Waals surface area contributed by atoms with Gasteiger partial charge in [-0.05, 0) is 72.8 Å². The first-order chi connectivity index (χ1) is 14.0. The Morgan fingerprint density at radius 3 is 2.34 bits per heavy atom. The van der Waals surface area contributed by atoms with Crippen LogP contribution in [0.25, 0.3) is 0 Å². The van der Waals surface area contributed by atoms with Crippen LogP contribution in [0.4, 0.5) is 11.4 Å². The van der Waals surface area contributed by atoms with Crippen molar-refractivity contribution in [2.45, 2.75) is 16.2 Å². The van der Waals surface area contributed by atoms with Crippen LogP contribution in [-0.2, 0) is 16.4 Å². The van der Waals surface area contributed by atoms with E-state index in [1.807, 2.05) is 30.5 Å². The van der Waals surface area contributed by atoms with Crippen LogP contribution in [0.2, 0.25) is 0 Å². The highest BCUT2D eigenvalue weighted by atomic mass is 32.2. The molecule has 0 bridgehead atoms. The lowest BCUT2D eigenvalue weighted by Crippen LogP contribution is -2.28. The number of benzene rings is 3. The molecular weight excluding hydrogens is 404 g/mol. The van der Waals surface area contributed by atoms with Crippen LogP contribution in [0.3, 0.4) is 0 Å². The maximum absolute atomic E-state index is 12.9. The fourth-order valence-electron chi connectivity index (χ4n) is 3.35. The monoisotopic (exact) mass is 424 g/mol. The lowest BCUT2D eigenvalue weighted by molar-refractivity contribution is 0.0989. The average Bonchev–Trinajstić information content (AvgIpc) is 3.18. The van der Waals surface area contributed by atoms with E-state index in [1.54, 1.807) is 65.2 Å². The molecule has 3 aromatic carbocycles. The second-order valence-electron chi connectivity index (χ2n) is 6.69. The molecule has 29 heavy (non-hydrogen) atoms. The zero-order valence-electron chi connectivity index (χ0n) is 15.8. The van der Waals surface area contributed by atoms with Gasteiger partial charge in [0.05, 0.1) is 4.90 Å². The maximum atomic E-state index is 12.9. The normalized spacial score (nSPS) is 13.2. The van der Waals surface area contributed by atoms with Crippen molar-refractivity contribution in [1.82, 2.24) is 0 Å². The van der Waals surface area contributed by atoms with Gasteiger partial charge in [-0.1, -0.05) is 18.2 Å². The molecule has 1 heterocycles. The van der Waals surface area contributed by atoms with Crippen molar-refractivity contribution in [2.75, 3.05) is 22.4 Å². The van der Waals surface area contributed by atoms with Crippen LogP contribution in [-0.4, -0.2) is 27.1 Å². The second kappa shape index (κ2) is 7.93. The SMILES string of the molecule is CSc1ccc(S(=O)(=O)Nc2ccc(C(=O)N3CCc4ccccc43)cc2)cc1. The quantitative estimate of drug-likeness (QED) is 0.616. The van der Waals surface area contributed by atoms with Gasteiger partial charge in [0.15, 0.2) is 0 Å². The van der Waals surface area contributed by atoms with Crippen molar-refractivity contribution >= 4 is 39.1 Å². The van der Waals surface area contributed by atoms with Gasteiger partial charge in [0.2, 0.25) is 0 Å². The van der Waals surface area contributed by atoms with E-state index in [4.69, 9.17) is 0 Å². The molecule has 0 aliphatic carbocycles. The minimum Gasteiger partial charge on any atom is -0.308 e. The molecule has 0 radical (unpaired) electrons. The molecular formula is C22H20N2O3S2. The summed E-state index contributed by atoms with van der Waals surface area (Å²) in [5.41, 5.74) is 3.04. The number of nitrogens with zero attached hydrogens (tertiary/aromatic N) is 1. The summed E-state index contributed by atoms with van der Waals surface area (Å²) in [7, 11) is -3.68. The summed E-state index contributed by atoms with van der Waals surface area (Å²) in [5, 5.41) is 0. The molecule has 3 aromatic rings. The zero-order chi connectivity index (χ0) is 20.4. The van der Waals surface area contributed by atoms with E-state index in [0.29, 0.717) is 17.8 Å². The first kappa shape index (κ1) is 19.5. The van der Waals surface area contributed by atoms with E-state index >= 15 is 0 Å². The van der Waals surface area contributed by atoms with Crippen LogP contribution in [0.15, 0.2) is 82.6 Å². The molecule has 0 saturated heterocycles. The summed E-state index contributed by atoms with van der Waals surface area (Å²) < 4.78 is 27.7. The summed E-state index contributed by atoms with van der Waals surface area (Å²) in [6, 6.07) is 21.1. The highest BCUT2D eigenvalue weighted by molar-refractivity contribution is 7.98. The van der Waals surface area contributed by atoms with Gasteiger partial charge in [0, 0.05) is 28.4 Å². The number of anilines is 2. The molecule has 0 aromatic heterocycles. The molecule has 1 amide bonds. The molecule has 1 aliphatic rings. The predicted octanol–water partition coefficient (Wildman–Crippen LogP) is 4.41. The van der Waals surface area contributed by atoms with Crippen LogP contribution < -0.4 is 9.62 Å². The molecule has 5 nitrogen and oxygen atoms in total. The molecule has 0 saturated carbocycles. The van der Waals surface area contributed by atoms with Crippen LogP contribution in [0.5, 0.6) is 0 Å². The van der Waals surface area contributed by atoms with E-state index in [9.17, 15) is 13.2 Å². The molecule has 1 N–H and O–H groups in total. The van der Waals surface area contributed by atoms with Crippen molar-refractivity contribution in [3.63, 3.8) is 0 Å². The Hall–Kier alpha value is -2.77. The Balaban J connectivity index is 1.50. The fraction of sp³-hybridized carbons (Fsp3) is 0.136. The summed E-state index contributed by atoms with van der Waals surface area (Å²) in [5.74, 6) is -0.0861. The van der Waals surface area contributed by atoms with Crippen molar-refractivity contribution < 1.29 is 13.2 Å². The zero-order valence-corrected chi connectivity index (χ0v) is 17.5. The maximum Gasteiger partial charge on any atom is 0.261 e. The molecule has 0 fully saturated rings. The van der Waals surface area contributed by atoms with Crippen LogP contribution >= 0.6 is 11.8 Å². The Morgan fingerprint density at radius 2 is 1.66 bits per heavy atom. The third kappa shape index (κ3) is 4.02. The fourth-order valence-corrected chi connectivity index (χ4v) is 4.82. The molecule has 0 spiro atoms. The second-order valence-corrected chi connectivity index (χ2v) is 9.26. The lowest BCUT2D eigenvalue weighted by atomic mass is 10.1. The van der Waals surface area contributed by atoms with Gasteiger partial charge >= 0.3 is 0 Å². The number of carbonyl (C=O) groups is 1. The highest BCUT2D eigenvalue weighted by Gasteiger charge is 2.25. The molecule has 0 atom stereocenters. The predicted molar refractivity (Wildman–Crippen MR) is 117 cm³/mol. The summed E-state index contributed by atoms with van der Waals surface area (Å²) in [4.78, 5) is 15.8. The number of rotatable bonds is 5. The smallest absolute Gasteiger partial charge is 0.261 e. The van der Waals surface area contributed by atoms with Crippen molar-refractivity contribution in [3.05, 3.63) is 83.9 Å². The largest absolute Gasteiger partial charge is 0.308 e. The number of thioether (sulfide) groups is 1. The third-order valence-electron chi connectivity index (χ3n) is 4.89. The first-order valence-corrected chi connectivity index (χ1v) is 11.9. The standard InChI is InChI=1S/C22H20N2O3S2/c1-28-19-10-12-20(13-11-19)29(26,27)23-18-8-6-17(7-9-18)22(25)24-15-14-16-4-2-3-5-21(16)24/h2-13,23H,14-15H2,1H3. The van der Waals surface area contributed by atoms with Gasteiger partial charge < -0.3 is 4.90 Å². The third-order valence-corrected chi connectivity index (χ3v) is 7.03. The van der Waals surface area contributed by atoms with Gasteiger partial charge in [0.25, 0.3) is 15.9 Å². The molecule has 0 unspecified atom stereocenters. The number of amides is 1. The van der Waals surface area contributed by atoms with E-state index in [0.717, 1.165) is 22.6 Å². The number of hydrogen-bond donors (Lipinski definition) is 1. The highest BCUT2D eigenvalue weighted by Crippen LogP contribution is 2.29. The molecule has 148 valence electrons. The molecule has 1 aliphatic heterocycles. The van der Waals surface area contributed by atoms with Crippen LogP contribution in [0, 0.1) is 0 Å². The van der Waals surface area contributed by atoms with E-state index in [-0.39, 0.29) is 10.8 Å². The minimum atomic E-state index is -3.68. The minimum absolute atomic E-state index is 0.0861. The van der Waals surface area contributed by atoms with Gasteiger partial charge in [-0.2, -0.15) is 0 Å². The topological polar surface area (TPSA) is 66.5 Å². The summed E-state index contributed by atoms with van der Waals surface area (Å²) >= 11 is 1.55.